The van der Waals surface area contributed by atoms with E-state index in [9.17, 15) is 9.59 Å². The van der Waals surface area contributed by atoms with Gasteiger partial charge in [0.2, 0.25) is 5.78 Å². The zero-order valence-electron chi connectivity index (χ0n) is 9.55. The van der Waals surface area contributed by atoms with Gasteiger partial charge in [-0.05, 0) is 22.7 Å². The molecular weight excluding hydrogens is 248 g/mol. The van der Waals surface area contributed by atoms with Crippen molar-refractivity contribution >= 4 is 22.6 Å². The first-order chi connectivity index (χ1) is 8.70. The summed E-state index contributed by atoms with van der Waals surface area (Å²) in [4.78, 5) is 23.1. The van der Waals surface area contributed by atoms with E-state index in [0.29, 0.717) is 0 Å². The average molecular weight is 259 g/mol. The molecule has 0 saturated heterocycles. The van der Waals surface area contributed by atoms with Crippen LogP contribution in [0, 0.1) is 0 Å². The van der Waals surface area contributed by atoms with E-state index in [1.807, 2.05) is 60.7 Å². The molecule has 2 aromatic rings. The molecule has 0 fully saturated rings. The van der Waals surface area contributed by atoms with Crippen molar-refractivity contribution in [1.29, 1.82) is 0 Å². The summed E-state index contributed by atoms with van der Waals surface area (Å²) in [6, 6.07) is 18.3. The van der Waals surface area contributed by atoms with Gasteiger partial charge >= 0.3 is 0 Å². The first-order valence-corrected chi connectivity index (χ1v) is 5.91. The standard InChI is InChI=1S/C15H11ClO2/c16-15(18)14(17)13(11-7-3-1-4-8-11)12-9-5-2-6-10-12/h1-10,13H. The van der Waals surface area contributed by atoms with Gasteiger partial charge in [-0.15, -0.1) is 0 Å². The fourth-order valence-electron chi connectivity index (χ4n) is 1.90. The second-order valence-corrected chi connectivity index (χ2v) is 4.24. The van der Waals surface area contributed by atoms with Crippen LogP contribution in [0.1, 0.15) is 17.0 Å². The number of Topliss-reactive ketones (excluding diaryl/α,β-unsaturated/α-hetero) is 1. The van der Waals surface area contributed by atoms with Gasteiger partial charge in [0.05, 0.1) is 5.92 Å². The second kappa shape index (κ2) is 5.61. The predicted octanol–water partition coefficient (Wildman–Crippen LogP) is 3.15. The summed E-state index contributed by atoms with van der Waals surface area (Å²) >= 11 is 5.33. The van der Waals surface area contributed by atoms with Crippen LogP contribution in [0.25, 0.3) is 0 Å². The van der Waals surface area contributed by atoms with Crippen molar-refractivity contribution in [3.05, 3.63) is 71.8 Å². The largest absolute Gasteiger partial charge is 0.289 e. The highest BCUT2D eigenvalue weighted by Crippen LogP contribution is 2.26. The molecule has 0 unspecified atom stereocenters. The highest BCUT2D eigenvalue weighted by atomic mass is 35.5. The molecule has 2 nitrogen and oxygen atoms in total. The zero-order valence-corrected chi connectivity index (χ0v) is 10.3. The Morgan fingerprint density at radius 2 is 1.17 bits per heavy atom. The molecule has 18 heavy (non-hydrogen) atoms. The topological polar surface area (TPSA) is 34.1 Å². The van der Waals surface area contributed by atoms with Gasteiger partial charge in [0.15, 0.2) is 0 Å². The minimum Gasteiger partial charge on any atom is -0.288 e. The number of rotatable bonds is 4. The van der Waals surface area contributed by atoms with Crippen LogP contribution in [0.3, 0.4) is 0 Å². The number of ketones is 1. The van der Waals surface area contributed by atoms with Crippen molar-refractivity contribution < 1.29 is 9.59 Å². The second-order valence-electron chi connectivity index (χ2n) is 3.89. The lowest BCUT2D eigenvalue weighted by atomic mass is 9.88. The van der Waals surface area contributed by atoms with Gasteiger partial charge in [-0.3, -0.25) is 9.59 Å². The van der Waals surface area contributed by atoms with E-state index in [-0.39, 0.29) is 0 Å². The predicted molar refractivity (Wildman–Crippen MR) is 70.6 cm³/mol. The number of carbonyl (C=O) groups is 2. The summed E-state index contributed by atoms with van der Waals surface area (Å²) in [5.74, 6) is -1.23. The van der Waals surface area contributed by atoms with E-state index < -0.39 is 16.9 Å². The zero-order chi connectivity index (χ0) is 13.0. The average Bonchev–Trinajstić information content (AvgIpc) is 2.41. The SMILES string of the molecule is O=C(Cl)C(=O)C(c1ccccc1)c1ccccc1. The van der Waals surface area contributed by atoms with Crippen LogP contribution in [0.15, 0.2) is 60.7 Å². The lowest BCUT2D eigenvalue weighted by molar-refractivity contribution is -0.132. The Morgan fingerprint density at radius 3 is 1.50 bits per heavy atom. The summed E-state index contributed by atoms with van der Waals surface area (Å²) in [5.41, 5.74) is 1.53. The Labute approximate surface area is 110 Å². The Hall–Kier alpha value is -1.93. The van der Waals surface area contributed by atoms with Crippen LogP contribution in [-0.4, -0.2) is 11.0 Å². The highest BCUT2D eigenvalue weighted by Gasteiger charge is 2.26. The Morgan fingerprint density at radius 1 is 0.778 bits per heavy atom. The van der Waals surface area contributed by atoms with Gasteiger partial charge in [0, 0.05) is 0 Å². The molecule has 0 spiro atoms. The third kappa shape index (κ3) is 2.66. The highest BCUT2D eigenvalue weighted by molar-refractivity contribution is 6.81. The Balaban J connectivity index is 2.48. The molecule has 0 N–H and O–H groups in total. The molecule has 2 aromatic carbocycles. The van der Waals surface area contributed by atoms with Gasteiger partial charge in [-0.25, -0.2) is 0 Å². The molecule has 2 rings (SSSR count). The van der Waals surface area contributed by atoms with Crippen LogP contribution in [0.4, 0.5) is 0 Å². The van der Waals surface area contributed by atoms with E-state index >= 15 is 0 Å². The number of halogens is 1. The number of hydrogen-bond acceptors (Lipinski definition) is 2. The van der Waals surface area contributed by atoms with Crippen molar-refractivity contribution in [1.82, 2.24) is 0 Å². The minimum absolute atomic E-state index is 0.603. The van der Waals surface area contributed by atoms with Crippen molar-refractivity contribution in [2.45, 2.75) is 5.92 Å². The summed E-state index contributed by atoms with van der Waals surface area (Å²) in [6.07, 6.45) is 0. The summed E-state index contributed by atoms with van der Waals surface area (Å²) in [6.45, 7) is 0. The molecule has 0 bridgehead atoms. The van der Waals surface area contributed by atoms with Crippen LogP contribution >= 0.6 is 11.6 Å². The lowest BCUT2D eigenvalue weighted by Gasteiger charge is -2.14. The normalized spacial score (nSPS) is 10.3. The molecule has 0 aromatic heterocycles. The number of carbonyl (C=O) groups excluding carboxylic acids is 2. The molecule has 3 heteroatoms. The molecule has 0 saturated carbocycles. The summed E-state index contributed by atoms with van der Waals surface area (Å²) in [5, 5.41) is -0.937. The molecule has 0 amide bonds. The van der Waals surface area contributed by atoms with Crippen LogP contribution < -0.4 is 0 Å². The fourth-order valence-corrected chi connectivity index (χ4v) is 2.01. The van der Waals surface area contributed by atoms with E-state index in [1.165, 1.54) is 0 Å². The maximum absolute atomic E-state index is 12.0. The molecule has 0 aliphatic carbocycles. The molecule has 90 valence electrons. The van der Waals surface area contributed by atoms with Crippen molar-refractivity contribution in [2.24, 2.45) is 0 Å². The summed E-state index contributed by atoms with van der Waals surface area (Å²) in [7, 11) is 0. The fraction of sp³-hybridized carbons (Fsp3) is 0.0667. The quantitative estimate of drug-likeness (QED) is 0.624. The first kappa shape index (κ1) is 12.5. The first-order valence-electron chi connectivity index (χ1n) is 5.53. The molecule has 0 atom stereocenters. The van der Waals surface area contributed by atoms with Crippen LogP contribution in [-0.2, 0) is 9.59 Å². The monoisotopic (exact) mass is 258 g/mol. The number of hydrogen-bond donors (Lipinski definition) is 0. The van der Waals surface area contributed by atoms with Crippen molar-refractivity contribution in [3.63, 3.8) is 0 Å². The minimum atomic E-state index is -0.937. The molecule has 0 aliphatic heterocycles. The van der Waals surface area contributed by atoms with Crippen LogP contribution in [0.5, 0.6) is 0 Å². The number of benzene rings is 2. The van der Waals surface area contributed by atoms with E-state index in [2.05, 4.69) is 0 Å². The van der Waals surface area contributed by atoms with Gasteiger partial charge in [0.25, 0.3) is 5.24 Å². The molecule has 0 radical (unpaired) electrons. The molecule has 0 aliphatic rings. The van der Waals surface area contributed by atoms with Crippen molar-refractivity contribution in [2.75, 3.05) is 0 Å². The van der Waals surface area contributed by atoms with Crippen LogP contribution in [0.2, 0.25) is 0 Å². The molecular formula is C15H11ClO2. The van der Waals surface area contributed by atoms with E-state index in [4.69, 9.17) is 11.6 Å². The van der Waals surface area contributed by atoms with Gasteiger partial charge in [0.1, 0.15) is 0 Å². The Bertz CT molecular complexity index is 510. The van der Waals surface area contributed by atoms with E-state index in [1.54, 1.807) is 0 Å². The van der Waals surface area contributed by atoms with Gasteiger partial charge in [-0.2, -0.15) is 0 Å². The van der Waals surface area contributed by atoms with Gasteiger partial charge in [-0.1, -0.05) is 60.7 Å². The summed E-state index contributed by atoms with van der Waals surface area (Å²) < 4.78 is 0. The van der Waals surface area contributed by atoms with Gasteiger partial charge < -0.3 is 0 Å². The van der Waals surface area contributed by atoms with E-state index in [0.717, 1.165) is 11.1 Å². The molecule has 0 heterocycles. The third-order valence-corrected chi connectivity index (χ3v) is 2.91. The maximum Gasteiger partial charge on any atom is 0.289 e. The van der Waals surface area contributed by atoms with Crippen molar-refractivity contribution in [3.8, 4) is 0 Å². The third-order valence-electron chi connectivity index (χ3n) is 2.72. The smallest absolute Gasteiger partial charge is 0.288 e. The Kier molecular flexibility index (Phi) is 3.90. The lowest BCUT2D eigenvalue weighted by Crippen LogP contribution is -2.19. The maximum atomic E-state index is 12.0.